The van der Waals surface area contributed by atoms with Crippen LogP contribution in [0.1, 0.15) is 42.6 Å². The van der Waals surface area contributed by atoms with Crippen LogP contribution in [0.2, 0.25) is 0 Å². The molecule has 2 rings (SSSR count). The first kappa shape index (κ1) is 14.5. The van der Waals surface area contributed by atoms with Gasteiger partial charge < -0.3 is 10.1 Å². The molecule has 1 N–H and O–H groups in total. The molecule has 0 spiro atoms. The molecule has 1 aromatic heterocycles. The van der Waals surface area contributed by atoms with Crippen molar-refractivity contribution in [2.45, 2.75) is 52.6 Å². The number of aromatic nitrogens is 2. The zero-order valence-corrected chi connectivity index (χ0v) is 12.5. The van der Waals surface area contributed by atoms with Crippen molar-refractivity contribution < 1.29 is 4.74 Å². The molecule has 0 aliphatic heterocycles. The number of hydrogen-bond donors (Lipinski definition) is 1. The van der Waals surface area contributed by atoms with E-state index in [1.165, 1.54) is 42.6 Å². The van der Waals surface area contributed by atoms with Crippen LogP contribution in [0.25, 0.3) is 0 Å². The van der Waals surface area contributed by atoms with Crippen LogP contribution in [0.4, 0.5) is 0 Å². The maximum atomic E-state index is 5.05. The molecule has 1 aliphatic carbocycles. The molecule has 19 heavy (non-hydrogen) atoms. The topological polar surface area (TPSA) is 39.1 Å². The van der Waals surface area contributed by atoms with Gasteiger partial charge in [-0.2, -0.15) is 5.10 Å². The highest BCUT2D eigenvalue weighted by Crippen LogP contribution is 2.27. The Morgan fingerprint density at radius 1 is 1.32 bits per heavy atom. The van der Waals surface area contributed by atoms with Crippen molar-refractivity contribution in [1.29, 1.82) is 0 Å². The van der Waals surface area contributed by atoms with Gasteiger partial charge in [0.1, 0.15) is 0 Å². The summed E-state index contributed by atoms with van der Waals surface area (Å²) in [4.78, 5) is 0. The number of aryl methyl sites for hydroxylation is 1. The number of nitrogens with zero attached hydrogens (tertiary/aromatic N) is 2. The van der Waals surface area contributed by atoms with Crippen molar-refractivity contribution in [3.05, 3.63) is 17.0 Å². The number of hydrogen-bond acceptors (Lipinski definition) is 3. The first-order chi connectivity index (χ1) is 9.22. The quantitative estimate of drug-likeness (QED) is 0.770. The number of rotatable bonds is 7. The van der Waals surface area contributed by atoms with Crippen LogP contribution in [0.15, 0.2) is 0 Å². The fourth-order valence-corrected chi connectivity index (χ4v) is 2.99. The summed E-state index contributed by atoms with van der Waals surface area (Å²) in [7, 11) is 1.73. The molecule has 1 heterocycles. The molecule has 1 aliphatic rings. The summed E-state index contributed by atoms with van der Waals surface area (Å²) in [5.74, 6) is 0.840. The number of ether oxygens (including phenoxy) is 1. The van der Waals surface area contributed by atoms with E-state index in [2.05, 4.69) is 23.8 Å². The Labute approximate surface area is 116 Å². The molecule has 0 atom stereocenters. The zero-order valence-electron chi connectivity index (χ0n) is 12.5. The Hall–Kier alpha value is -0.870. The predicted molar refractivity (Wildman–Crippen MR) is 77.2 cm³/mol. The lowest BCUT2D eigenvalue weighted by atomic mass is 10.1. The van der Waals surface area contributed by atoms with Gasteiger partial charge in [0, 0.05) is 38.0 Å². The lowest BCUT2D eigenvalue weighted by Gasteiger charge is -2.11. The van der Waals surface area contributed by atoms with Crippen LogP contribution in [0.5, 0.6) is 0 Å². The minimum atomic E-state index is 0.758. The average Bonchev–Trinajstić information content (AvgIpc) is 2.98. The van der Waals surface area contributed by atoms with Crippen LogP contribution in [-0.4, -0.2) is 30.0 Å². The van der Waals surface area contributed by atoms with Gasteiger partial charge in [0.05, 0.1) is 12.3 Å². The van der Waals surface area contributed by atoms with Gasteiger partial charge in [-0.3, -0.25) is 4.68 Å². The fraction of sp³-hybridized carbons (Fsp3) is 0.800. The molecule has 1 aromatic rings. The monoisotopic (exact) mass is 265 g/mol. The van der Waals surface area contributed by atoms with E-state index < -0.39 is 0 Å². The van der Waals surface area contributed by atoms with Crippen molar-refractivity contribution in [2.24, 2.45) is 5.92 Å². The van der Waals surface area contributed by atoms with E-state index in [9.17, 15) is 0 Å². The Bertz CT molecular complexity index is 394. The van der Waals surface area contributed by atoms with Crippen LogP contribution in [0, 0.1) is 19.8 Å². The highest BCUT2D eigenvalue weighted by molar-refractivity contribution is 5.24. The number of nitrogens with one attached hydrogen (secondary N) is 1. The molecule has 0 bridgehead atoms. The maximum Gasteiger partial charge on any atom is 0.0641 e. The van der Waals surface area contributed by atoms with Crippen molar-refractivity contribution >= 4 is 0 Å². The molecule has 1 fully saturated rings. The van der Waals surface area contributed by atoms with E-state index in [-0.39, 0.29) is 0 Å². The second kappa shape index (κ2) is 7.06. The molecule has 0 amide bonds. The second-order valence-electron chi connectivity index (χ2n) is 5.65. The standard InChI is InChI=1S/C15H27N3O/c1-12-15(10-16-8-9-19-3)13(2)18(17-12)11-14-6-4-5-7-14/h14,16H,4-11H2,1-3H3. The van der Waals surface area contributed by atoms with Gasteiger partial charge in [-0.15, -0.1) is 0 Å². The first-order valence-corrected chi connectivity index (χ1v) is 7.45. The van der Waals surface area contributed by atoms with E-state index in [0.717, 1.165) is 32.2 Å². The molecule has 0 radical (unpaired) electrons. The molecule has 1 saturated carbocycles. The third-order valence-corrected chi connectivity index (χ3v) is 4.22. The third kappa shape index (κ3) is 3.80. The van der Waals surface area contributed by atoms with Crippen LogP contribution in [-0.2, 0) is 17.8 Å². The Balaban J connectivity index is 1.93. The van der Waals surface area contributed by atoms with Crippen molar-refractivity contribution in [3.63, 3.8) is 0 Å². The lowest BCUT2D eigenvalue weighted by molar-refractivity contribution is 0.199. The van der Waals surface area contributed by atoms with E-state index in [0.29, 0.717) is 0 Å². The van der Waals surface area contributed by atoms with Crippen LogP contribution >= 0.6 is 0 Å². The molecule has 0 aromatic carbocycles. The molecule has 4 heteroatoms. The molecule has 0 unspecified atom stereocenters. The summed E-state index contributed by atoms with van der Waals surface area (Å²) in [6.07, 6.45) is 5.55. The second-order valence-corrected chi connectivity index (χ2v) is 5.65. The van der Waals surface area contributed by atoms with Gasteiger partial charge in [-0.05, 0) is 32.6 Å². The van der Waals surface area contributed by atoms with Gasteiger partial charge in [-0.1, -0.05) is 12.8 Å². The molecule has 4 nitrogen and oxygen atoms in total. The highest BCUT2D eigenvalue weighted by atomic mass is 16.5. The minimum Gasteiger partial charge on any atom is -0.383 e. The highest BCUT2D eigenvalue weighted by Gasteiger charge is 2.18. The van der Waals surface area contributed by atoms with E-state index >= 15 is 0 Å². The SMILES string of the molecule is COCCNCc1c(C)nn(CC2CCCC2)c1C. The lowest BCUT2D eigenvalue weighted by Crippen LogP contribution is -2.19. The Kier molecular flexibility index (Phi) is 5.40. The molecular formula is C15H27N3O. The summed E-state index contributed by atoms with van der Waals surface area (Å²) in [5.41, 5.74) is 3.85. The molecule has 108 valence electrons. The van der Waals surface area contributed by atoms with Crippen LogP contribution in [0.3, 0.4) is 0 Å². The van der Waals surface area contributed by atoms with Gasteiger partial charge in [0.15, 0.2) is 0 Å². The minimum absolute atomic E-state index is 0.758. The molecule has 0 saturated heterocycles. The van der Waals surface area contributed by atoms with Crippen molar-refractivity contribution in [1.82, 2.24) is 15.1 Å². The summed E-state index contributed by atoms with van der Waals surface area (Å²) >= 11 is 0. The summed E-state index contributed by atoms with van der Waals surface area (Å²) in [6.45, 7) is 7.96. The largest absolute Gasteiger partial charge is 0.383 e. The van der Waals surface area contributed by atoms with E-state index in [1.807, 2.05) is 0 Å². The van der Waals surface area contributed by atoms with Gasteiger partial charge in [-0.25, -0.2) is 0 Å². The average molecular weight is 265 g/mol. The van der Waals surface area contributed by atoms with E-state index in [4.69, 9.17) is 9.84 Å². The molecular weight excluding hydrogens is 238 g/mol. The van der Waals surface area contributed by atoms with Crippen molar-refractivity contribution in [2.75, 3.05) is 20.3 Å². The van der Waals surface area contributed by atoms with E-state index in [1.54, 1.807) is 7.11 Å². The smallest absolute Gasteiger partial charge is 0.0641 e. The Morgan fingerprint density at radius 2 is 2.05 bits per heavy atom. The maximum absolute atomic E-state index is 5.05. The van der Waals surface area contributed by atoms with Crippen LogP contribution < -0.4 is 5.32 Å². The first-order valence-electron chi connectivity index (χ1n) is 7.45. The summed E-state index contributed by atoms with van der Waals surface area (Å²) in [6, 6.07) is 0. The van der Waals surface area contributed by atoms with Gasteiger partial charge in [0.2, 0.25) is 0 Å². The fourth-order valence-electron chi connectivity index (χ4n) is 2.99. The van der Waals surface area contributed by atoms with Gasteiger partial charge >= 0.3 is 0 Å². The summed E-state index contributed by atoms with van der Waals surface area (Å²) < 4.78 is 7.27. The third-order valence-electron chi connectivity index (χ3n) is 4.22. The van der Waals surface area contributed by atoms with Gasteiger partial charge in [0.25, 0.3) is 0 Å². The predicted octanol–water partition coefficient (Wildman–Crippen LogP) is 2.43. The summed E-state index contributed by atoms with van der Waals surface area (Å²) in [5, 5.41) is 8.13. The Morgan fingerprint density at radius 3 is 2.74 bits per heavy atom. The van der Waals surface area contributed by atoms with Crippen molar-refractivity contribution in [3.8, 4) is 0 Å². The normalized spacial score (nSPS) is 16.4. The zero-order chi connectivity index (χ0) is 13.7. The number of methoxy groups -OCH3 is 1.